The first kappa shape index (κ1) is 18.8. The molecule has 29 heavy (non-hydrogen) atoms. The number of hydrogen-bond donors (Lipinski definition) is 1. The summed E-state index contributed by atoms with van der Waals surface area (Å²) in [7, 11) is 0. The van der Waals surface area contributed by atoms with Crippen molar-refractivity contribution in [2.45, 2.75) is 19.4 Å². The molecular formula is C23H17F2N3O. The van der Waals surface area contributed by atoms with Gasteiger partial charge in [-0.2, -0.15) is 5.26 Å². The molecule has 0 amide bonds. The van der Waals surface area contributed by atoms with Crippen LogP contribution < -0.4 is 0 Å². The van der Waals surface area contributed by atoms with Crippen LogP contribution in [0.3, 0.4) is 0 Å². The molecule has 144 valence electrons. The van der Waals surface area contributed by atoms with Crippen molar-refractivity contribution in [3.63, 3.8) is 0 Å². The molecule has 0 spiro atoms. The summed E-state index contributed by atoms with van der Waals surface area (Å²) in [5, 5.41) is 19.2. The summed E-state index contributed by atoms with van der Waals surface area (Å²) in [6, 6.07) is 14.8. The summed E-state index contributed by atoms with van der Waals surface area (Å²) in [5.74, 6) is -1.02. The second kappa shape index (κ2) is 6.80. The number of aromatic nitrogens is 2. The van der Waals surface area contributed by atoms with E-state index < -0.39 is 17.2 Å². The molecule has 6 heteroatoms. The number of hydrogen-bond acceptors (Lipinski definition) is 3. The van der Waals surface area contributed by atoms with Crippen molar-refractivity contribution in [3.05, 3.63) is 83.7 Å². The molecule has 1 N–H and O–H groups in total. The first-order valence-electron chi connectivity index (χ1n) is 8.98. The van der Waals surface area contributed by atoms with Crippen molar-refractivity contribution in [3.8, 4) is 28.5 Å². The van der Waals surface area contributed by atoms with Crippen LogP contribution in [-0.2, 0) is 5.60 Å². The molecule has 4 rings (SSSR count). The van der Waals surface area contributed by atoms with Crippen LogP contribution in [0.25, 0.3) is 28.0 Å². The number of nitrogens with zero attached hydrogens (tertiary/aromatic N) is 3. The van der Waals surface area contributed by atoms with Crippen LogP contribution >= 0.6 is 0 Å². The van der Waals surface area contributed by atoms with Gasteiger partial charge in [0.1, 0.15) is 5.82 Å². The van der Waals surface area contributed by atoms with E-state index in [1.165, 1.54) is 32.2 Å². The largest absolute Gasteiger partial charge is 0.386 e. The lowest BCUT2D eigenvalue weighted by molar-refractivity contribution is 0.0746. The van der Waals surface area contributed by atoms with Gasteiger partial charge in [-0.15, -0.1) is 0 Å². The fourth-order valence-corrected chi connectivity index (χ4v) is 3.37. The minimum Gasteiger partial charge on any atom is -0.386 e. The third-order valence-electron chi connectivity index (χ3n) is 4.84. The van der Waals surface area contributed by atoms with E-state index in [9.17, 15) is 13.9 Å². The molecule has 4 nitrogen and oxygen atoms in total. The molecule has 0 atom stereocenters. The molecule has 0 aliphatic carbocycles. The number of benzene rings is 2. The van der Waals surface area contributed by atoms with Crippen molar-refractivity contribution >= 4 is 5.65 Å². The summed E-state index contributed by atoms with van der Waals surface area (Å²) >= 11 is 0. The highest BCUT2D eigenvalue weighted by atomic mass is 19.1. The third-order valence-corrected chi connectivity index (χ3v) is 4.84. The number of halogens is 2. The van der Waals surface area contributed by atoms with E-state index in [1.54, 1.807) is 47.0 Å². The Morgan fingerprint density at radius 1 is 1.07 bits per heavy atom. The van der Waals surface area contributed by atoms with E-state index in [1.807, 2.05) is 6.07 Å². The predicted octanol–water partition coefficient (Wildman–Crippen LogP) is 5.05. The Morgan fingerprint density at radius 3 is 2.59 bits per heavy atom. The SMILES string of the molecule is CC(C)(O)c1ccn2c(-c3ccc(F)c(-c4cccc(C#N)c4)c3)cnc2c1F. The van der Waals surface area contributed by atoms with Crippen molar-refractivity contribution in [1.29, 1.82) is 5.26 Å². The number of fused-ring (bicyclic) bond motifs is 1. The first-order chi connectivity index (χ1) is 13.8. The van der Waals surface area contributed by atoms with Gasteiger partial charge >= 0.3 is 0 Å². The van der Waals surface area contributed by atoms with Crippen LogP contribution in [0.15, 0.2) is 60.9 Å². The van der Waals surface area contributed by atoms with Crippen LogP contribution in [-0.4, -0.2) is 14.5 Å². The fraction of sp³-hybridized carbons (Fsp3) is 0.130. The maximum absolute atomic E-state index is 14.9. The molecule has 2 aromatic heterocycles. The Morgan fingerprint density at radius 2 is 1.86 bits per heavy atom. The molecule has 0 radical (unpaired) electrons. The van der Waals surface area contributed by atoms with Gasteiger partial charge < -0.3 is 5.11 Å². The monoisotopic (exact) mass is 389 g/mol. The molecular weight excluding hydrogens is 372 g/mol. The van der Waals surface area contributed by atoms with Crippen LogP contribution in [0.2, 0.25) is 0 Å². The Labute approximate surface area is 166 Å². The lowest BCUT2D eigenvalue weighted by Crippen LogP contribution is -2.18. The molecule has 2 aromatic carbocycles. The minimum atomic E-state index is -1.34. The molecule has 4 aromatic rings. The van der Waals surface area contributed by atoms with E-state index in [2.05, 4.69) is 4.98 Å². The van der Waals surface area contributed by atoms with Gasteiger partial charge in [-0.05, 0) is 55.8 Å². The third kappa shape index (κ3) is 3.26. The maximum Gasteiger partial charge on any atom is 0.174 e. The van der Waals surface area contributed by atoms with Crippen molar-refractivity contribution in [2.24, 2.45) is 0 Å². The van der Waals surface area contributed by atoms with E-state index >= 15 is 0 Å². The smallest absolute Gasteiger partial charge is 0.174 e. The highest BCUT2D eigenvalue weighted by Crippen LogP contribution is 2.32. The van der Waals surface area contributed by atoms with Gasteiger partial charge in [0.25, 0.3) is 0 Å². The molecule has 0 fully saturated rings. The van der Waals surface area contributed by atoms with Gasteiger partial charge in [0, 0.05) is 22.9 Å². The zero-order chi connectivity index (χ0) is 20.8. The highest BCUT2D eigenvalue weighted by molar-refractivity contribution is 5.74. The zero-order valence-electron chi connectivity index (χ0n) is 15.8. The normalized spacial score (nSPS) is 11.6. The summed E-state index contributed by atoms with van der Waals surface area (Å²) in [5.41, 5.74) is 1.46. The molecule has 0 saturated carbocycles. The second-order valence-electron chi connectivity index (χ2n) is 7.33. The van der Waals surface area contributed by atoms with Crippen LogP contribution in [0.1, 0.15) is 25.0 Å². The van der Waals surface area contributed by atoms with Gasteiger partial charge in [0.05, 0.1) is 29.1 Å². The summed E-state index contributed by atoms with van der Waals surface area (Å²) < 4.78 is 30.9. The van der Waals surface area contributed by atoms with Gasteiger partial charge in [0.15, 0.2) is 11.5 Å². The number of nitriles is 1. The zero-order valence-corrected chi connectivity index (χ0v) is 15.8. The molecule has 0 saturated heterocycles. The van der Waals surface area contributed by atoms with E-state index in [4.69, 9.17) is 5.26 Å². The standard InChI is InChI=1S/C23H17F2N3O/c1-23(2,29)18-8-9-28-20(13-27-22(28)21(18)25)16-6-7-19(24)17(11-16)15-5-3-4-14(10-15)12-26/h3-11,13,29H,1-2H3. The van der Waals surface area contributed by atoms with Crippen LogP contribution in [0, 0.1) is 23.0 Å². The van der Waals surface area contributed by atoms with Crippen molar-refractivity contribution in [2.75, 3.05) is 0 Å². The first-order valence-corrected chi connectivity index (χ1v) is 8.98. The Kier molecular flexibility index (Phi) is 4.40. The van der Waals surface area contributed by atoms with Gasteiger partial charge in [0.2, 0.25) is 0 Å². The summed E-state index contributed by atoms with van der Waals surface area (Å²) in [6.45, 7) is 3.01. The maximum atomic E-state index is 14.9. The Balaban J connectivity index is 1.87. The molecule has 0 aliphatic rings. The highest BCUT2D eigenvalue weighted by Gasteiger charge is 2.24. The van der Waals surface area contributed by atoms with E-state index in [-0.39, 0.29) is 11.2 Å². The van der Waals surface area contributed by atoms with Crippen molar-refractivity contribution in [1.82, 2.24) is 9.38 Å². The number of pyridine rings is 1. The molecule has 0 bridgehead atoms. The second-order valence-corrected chi connectivity index (χ2v) is 7.33. The average molecular weight is 389 g/mol. The number of imidazole rings is 1. The van der Waals surface area contributed by atoms with Gasteiger partial charge in [-0.1, -0.05) is 12.1 Å². The van der Waals surface area contributed by atoms with Crippen LogP contribution in [0.4, 0.5) is 8.78 Å². The quantitative estimate of drug-likeness (QED) is 0.534. The molecule has 2 heterocycles. The molecule has 0 unspecified atom stereocenters. The lowest BCUT2D eigenvalue weighted by atomic mass is 9.99. The summed E-state index contributed by atoms with van der Waals surface area (Å²) in [6.07, 6.45) is 3.14. The van der Waals surface area contributed by atoms with E-state index in [0.717, 1.165) is 0 Å². The van der Waals surface area contributed by atoms with Gasteiger partial charge in [-0.3, -0.25) is 4.40 Å². The van der Waals surface area contributed by atoms with Gasteiger partial charge in [-0.25, -0.2) is 13.8 Å². The topological polar surface area (TPSA) is 61.3 Å². The minimum absolute atomic E-state index is 0.0805. The Hall–Kier alpha value is -3.56. The summed E-state index contributed by atoms with van der Waals surface area (Å²) in [4.78, 5) is 4.16. The van der Waals surface area contributed by atoms with Crippen molar-refractivity contribution < 1.29 is 13.9 Å². The van der Waals surface area contributed by atoms with Crippen LogP contribution in [0.5, 0.6) is 0 Å². The predicted molar refractivity (Wildman–Crippen MR) is 106 cm³/mol. The number of aliphatic hydroxyl groups is 1. The average Bonchev–Trinajstić information content (AvgIpc) is 3.13. The molecule has 0 aliphatic heterocycles. The Bertz CT molecular complexity index is 1280. The number of rotatable bonds is 3. The fourth-order valence-electron chi connectivity index (χ4n) is 3.37. The van der Waals surface area contributed by atoms with E-state index in [0.29, 0.717) is 27.9 Å². The lowest BCUT2D eigenvalue weighted by Gasteiger charge is -2.18.